The van der Waals surface area contributed by atoms with E-state index in [-0.39, 0.29) is 0 Å². The van der Waals surface area contributed by atoms with Crippen molar-refractivity contribution in [3.8, 4) is 0 Å². The molecular weight excluding hydrogens is 214 g/mol. The summed E-state index contributed by atoms with van der Waals surface area (Å²) in [4.78, 5) is 0. The Hall–Kier alpha value is -0.500. The fraction of sp³-hybridized carbons (Fsp3) is 0.714. The van der Waals surface area contributed by atoms with Crippen LogP contribution in [0.1, 0.15) is 38.5 Å². The SMILES string of the molecule is c1csc(NC23CC4CC(CC(C4)C2)C3)c1. The first-order chi connectivity index (χ1) is 7.81. The quantitative estimate of drug-likeness (QED) is 0.810. The summed E-state index contributed by atoms with van der Waals surface area (Å²) in [6, 6.07) is 4.40. The van der Waals surface area contributed by atoms with Crippen LogP contribution in [0.2, 0.25) is 0 Å². The van der Waals surface area contributed by atoms with E-state index in [1.54, 1.807) is 0 Å². The van der Waals surface area contributed by atoms with Crippen molar-refractivity contribution in [3.05, 3.63) is 17.5 Å². The minimum Gasteiger partial charge on any atom is -0.371 e. The molecule has 1 aromatic heterocycles. The van der Waals surface area contributed by atoms with Crippen molar-refractivity contribution in [3.63, 3.8) is 0 Å². The molecular formula is C14H19NS. The van der Waals surface area contributed by atoms with Crippen molar-refractivity contribution in [2.75, 3.05) is 5.32 Å². The first kappa shape index (κ1) is 9.52. The van der Waals surface area contributed by atoms with Gasteiger partial charge in [-0.1, -0.05) is 0 Å². The number of thiophene rings is 1. The molecule has 4 saturated carbocycles. The summed E-state index contributed by atoms with van der Waals surface area (Å²) >= 11 is 1.86. The van der Waals surface area contributed by atoms with Crippen molar-refractivity contribution in [2.45, 2.75) is 44.1 Å². The lowest BCUT2D eigenvalue weighted by Gasteiger charge is -2.57. The molecule has 0 aliphatic heterocycles. The van der Waals surface area contributed by atoms with Gasteiger partial charge >= 0.3 is 0 Å². The zero-order valence-electron chi connectivity index (χ0n) is 9.61. The van der Waals surface area contributed by atoms with Gasteiger partial charge in [0.25, 0.3) is 0 Å². The van der Waals surface area contributed by atoms with Gasteiger partial charge in [0.1, 0.15) is 0 Å². The highest BCUT2D eigenvalue weighted by atomic mass is 32.1. The standard InChI is InChI=1S/C14H19NS/c1-2-13(16-3-1)15-14-7-10-4-11(8-14)6-12(5-10)9-14/h1-3,10-12,15H,4-9H2. The molecule has 4 aliphatic carbocycles. The van der Waals surface area contributed by atoms with Crippen molar-refractivity contribution in [1.82, 2.24) is 0 Å². The Labute approximate surface area is 101 Å². The molecule has 1 aromatic rings. The summed E-state index contributed by atoms with van der Waals surface area (Å²) < 4.78 is 0. The van der Waals surface area contributed by atoms with Gasteiger partial charge in [0.2, 0.25) is 0 Å². The van der Waals surface area contributed by atoms with E-state index in [4.69, 9.17) is 0 Å². The molecule has 86 valence electrons. The summed E-state index contributed by atoms with van der Waals surface area (Å²) in [5, 5.41) is 7.46. The van der Waals surface area contributed by atoms with E-state index in [1.807, 2.05) is 11.3 Å². The molecule has 0 aromatic carbocycles. The van der Waals surface area contributed by atoms with Crippen LogP contribution in [0.3, 0.4) is 0 Å². The predicted octanol–water partition coefficient (Wildman–Crippen LogP) is 4.13. The third-order valence-electron chi connectivity index (χ3n) is 4.95. The van der Waals surface area contributed by atoms with Crippen LogP contribution in [0.25, 0.3) is 0 Å². The minimum atomic E-state index is 0.486. The van der Waals surface area contributed by atoms with Crippen LogP contribution >= 0.6 is 11.3 Å². The second-order valence-electron chi connectivity index (χ2n) is 6.30. The monoisotopic (exact) mass is 233 g/mol. The number of hydrogen-bond acceptors (Lipinski definition) is 2. The molecule has 4 aliphatic rings. The van der Waals surface area contributed by atoms with Crippen LogP contribution in [-0.2, 0) is 0 Å². The minimum absolute atomic E-state index is 0.486. The normalized spacial score (nSPS) is 44.9. The molecule has 16 heavy (non-hydrogen) atoms. The highest BCUT2D eigenvalue weighted by Gasteiger charge is 2.50. The first-order valence-corrected chi connectivity index (χ1v) is 7.51. The lowest BCUT2D eigenvalue weighted by Crippen LogP contribution is -2.54. The van der Waals surface area contributed by atoms with Crippen molar-refractivity contribution >= 4 is 16.3 Å². The average molecular weight is 233 g/mol. The molecule has 4 fully saturated rings. The molecule has 5 rings (SSSR count). The summed E-state index contributed by atoms with van der Waals surface area (Å²) in [6.07, 6.45) is 8.92. The molecule has 0 amide bonds. The second kappa shape index (κ2) is 3.25. The highest BCUT2D eigenvalue weighted by molar-refractivity contribution is 7.14. The molecule has 1 nitrogen and oxygen atoms in total. The maximum atomic E-state index is 3.89. The third kappa shape index (κ3) is 1.42. The van der Waals surface area contributed by atoms with Gasteiger partial charge in [0, 0.05) is 5.54 Å². The van der Waals surface area contributed by atoms with Crippen molar-refractivity contribution < 1.29 is 0 Å². The van der Waals surface area contributed by atoms with Gasteiger partial charge in [-0.2, -0.15) is 0 Å². The van der Waals surface area contributed by atoms with E-state index in [9.17, 15) is 0 Å². The van der Waals surface area contributed by atoms with Gasteiger partial charge in [-0.15, -0.1) is 11.3 Å². The molecule has 0 radical (unpaired) electrons. The Balaban J connectivity index is 1.62. The third-order valence-corrected chi connectivity index (χ3v) is 5.73. The maximum absolute atomic E-state index is 3.89. The van der Waals surface area contributed by atoms with E-state index in [0.717, 1.165) is 17.8 Å². The number of hydrogen-bond donors (Lipinski definition) is 1. The molecule has 2 heteroatoms. The molecule has 0 unspecified atom stereocenters. The van der Waals surface area contributed by atoms with Gasteiger partial charge in [-0.05, 0) is 73.8 Å². The van der Waals surface area contributed by atoms with Crippen LogP contribution < -0.4 is 5.32 Å². The van der Waals surface area contributed by atoms with Crippen molar-refractivity contribution in [2.24, 2.45) is 17.8 Å². The van der Waals surface area contributed by atoms with Crippen LogP contribution in [-0.4, -0.2) is 5.54 Å². The molecule has 0 saturated heterocycles. The van der Waals surface area contributed by atoms with Gasteiger partial charge in [0.15, 0.2) is 0 Å². The van der Waals surface area contributed by atoms with Crippen LogP contribution in [0.15, 0.2) is 17.5 Å². The van der Waals surface area contributed by atoms with E-state index >= 15 is 0 Å². The van der Waals surface area contributed by atoms with Crippen LogP contribution in [0.4, 0.5) is 5.00 Å². The summed E-state index contributed by atoms with van der Waals surface area (Å²) in [7, 11) is 0. The smallest absolute Gasteiger partial charge is 0.0886 e. The Kier molecular flexibility index (Phi) is 1.94. The Morgan fingerprint density at radius 3 is 2.19 bits per heavy atom. The van der Waals surface area contributed by atoms with Gasteiger partial charge < -0.3 is 5.32 Å². The van der Waals surface area contributed by atoms with E-state index in [1.165, 1.54) is 43.5 Å². The number of rotatable bonds is 2. The average Bonchev–Trinajstić information content (AvgIpc) is 2.66. The molecule has 1 heterocycles. The summed E-state index contributed by atoms with van der Waals surface area (Å²) in [5.74, 6) is 3.12. The van der Waals surface area contributed by atoms with Gasteiger partial charge in [-0.3, -0.25) is 0 Å². The van der Waals surface area contributed by atoms with Gasteiger partial charge in [0.05, 0.1) is 5.00 Å². The molecule has 4 bridgehead atoms. The Bertz CT molecular complexity index is 346. The molecule has 1 N–H and O–H groups in total. The maximum Gasteiger partial charge on any atom is 0.0886 e. The zero-order chi connectivity index (χ0) is 10.6. The van der Waals surface area contributed by atoms with E-state index in [0.29, 0.717) is 5.54 Å². The zero-order valence-corrected chi connectivity index (χ0v) is 10.4. The first-order valence-electron chi connectivity index (χ1n) is 6.63. The second-order valence-corrected chi connectivity index (χ2v) is 7.25. The highest BCUT2D eigenvalue weighted by Crippen LogP contribution is 2.56. The number of nitrogens with one attached hydrogen (secondary N) is 1. The van der Waals surface area contributed by atoms with Crippen LogP contribution in [0, 0.1) is 17.8 Å². The Morgan fingerprint density at radius 2 is 1.69 bits per heavy atom. The largest absolute Gasteiger partial charge is 0.371 e. The number of anilines is 1. The van der Waals surface area contributed by atoms with E-state index in [2.05, 4.69) is 22.8 Å². The molecule has 0 atom stereocenters. The topological polar surface area (TPSA) is 12.0 Å². The van der Waals surface area contributed by atoms with Crippen LogP contribution in [0.5, 0.6) is 0 Å². The summed E-state index contributed by atoms with van der Waals surface area (Å²) in [6.45, 7) is 0. The van der Waals surface area contributed by atoms with Crippen molar-refractivity contribution in [1.29, 1.82) is 0 Å². The fourth-order valence-corrected chi connectivity index (χ4v) is 5.61. The summed E-state index contributed by atoms with van der Waals surface area (Å²) in [5.41, 5.74) is 0.486. The lowest BCUT2D eigenvalue weighted by atomic mass is 9.53. The predicted molar refractivity (Wildman–Crippen MR) is 68.8 cm³/mol. The van der Waals surface area contributed by atoms with E-state index < -0.39 is 0 Å². The fourth-order valence-electron chi connectivity index (χ4n) is 4.87. The molecule has 0 spiro atoms. The van der Waals surface area contributed by atoms with Gasteiger partial charge in [-0.25, -0.2) is 0 Å². The lowest BCUT2D eigenvalue weighted by molar-refractivity contribution is 0.0109. The Morgan fingerprint density at radius 1 is 1.06 bits per heavy atom.